The summed E-state index contributed by atoms with van der Waals surface area (Å²) in [6, 6.07) is 4.16. The van der Waals surface area contributed by atoms with Crippen LogP contribution in [0.3, 0.4) is 0 Å². The minimum absolute atomic E-state index is 0.124. The average Bonchev–Trinajstić information content (AvgIpc) is 2.61. The zero-order chi connectivity index (χ0) is 19.2. The highest BCUT2D eigenvalue weighted by Crippen LogP contribution is 2.59. The van der Waals surface area contributed by atoms with Gasteiger partial charge >= 0.3 is 12.2 Å². The molecule has 148 valence electrons. The van der Waals surface area contributed by atoms with Gasteiger partial charge < -0.3 is 15.4 Å². The van der Waals surface area contributed by atoms with Gasteiger partial charge in [0.2, 0.25) is 0 Å². The van der Waals surface area contributed by atoms with Crippen LogP contribution in [0.5, 0.6) is 0 Å². The van der Waals surface area contributed by atoms with E-state index in [4.69, 9.17) is 4.74 Å². The Morgan fingerprint density at radius 2 is 1.78 bits per heavy atom. The van der Waals surface area contributed by atoms with Crippen LogP contribution in [0.25, 0.3) is 0 Å². The molecule has 0 atom stereocenters. The molecule has 1 aromatic rings. The lowest BCUT2D eigenvalue weighted by atomic mass is 9.49. The monoisotopic (exact) mass is 382 g/mol. The lowest BCUT2D eigenvalue weighted by Gasteiger charge is -2.60. The quantitative estimate of drug-likeness (QED) is 0.795. The molecule has 0 aromatic heterocycles. The molecule has 0 aliphatic heterocycles. The van der Waals surface area contributed by atoms with Gasteiger partial charge in [-0.15, -0.1) is 0 Å². The minimum Gasteiger partial charge on any atom is -0.376 e. The second-order valence-corrected chi connectivity index (χ2v) is 8.35. The molecule has 4 bridgehead atoms. The van der Waals surface area contributed by atoms with E-state index < -0.39 is 17.8 Å². The zero-order valence-electron chi connectivity index (χ0n) is 15.3. The highest BCUT2D eigenvalue weighted by atomic mass is 19.4. The third-order valence-corrected chi connectivity index (χ3v) is 6.87. The van der Waals surface area contributed by atoms with Crippen molar-refractivity contribution in [2.45, 2.75) is 43.9 Å². The zero-order valence-corrected chi connectivity index (χ0v) is 15.3. The minimum atomic E-state index is -4.44. The first kappa shape index (κ1) is 18.6. The molecule has 7 heteroatoms. The maximum Gasteiger partial charge on any atom is 0.416 e. The first-order valence-electron chi connectivity index (χ1n) is 9.57. The smallest absolute Gasteiger partial charge is 0.376 e. The van der Waals surface area contributed by atoms with E-state index in [1.807, 2.05) is 0 Å². The number of urea groups is 1. The van der Waals surface area contributed by atoms with E-state index in [2.05, 4.69) is 10.6 Å². The predicted molar refractivity (Wildman–Crippen MR) is 95.3 cm³/mol. The van der Waals surface area contributed by atoms with Crippen molar-refractivity contribution < 1.29 is 22.7 Å². The Morgan fingerprint density at radius 1 is 1.15 bits per heavy atom. The molecule has 4 nitrogen and oxygen atoms in total. The van der Waals surface area contributed by atoms with Gasteiger partial charge in [-0.1, -0.05) is 6.07 Å². The van der Waals surface area contributed by atoms with Gasteiger partial charge in [0.1, 0.15) is 0 Å². The molecule has 4 saturated carbocycles. The van der Waals surface area contributed by atoms with E-state index in [-0.39, 0.29) is 11.3 Å². The van der Waals surface area contributed by atoms with Gasteiger partial charge in [0, 0.05) is 19.3 Å². The van der Waals surface area contributed by atoms with Crippen LogP contribution in [0.2, 0.25) is 0 Å². The number of amides is 2. The Hall–Kier alpha value is -1.76. The number of hydrogen-bond donors (Lipinski definition) is 2. The number of carbonyl (C=O) groups is 1. The summed E-state index contributed by atoms with van der Waals surface area (Å²) in [5, 5.41) is 5.37. The summed E-state index contributed by atoms with van der Waals surface area (Å²) in [4.78, 5) is 12.3. The number of rotatable bonds is 4. The van der Waals surface area contributed by atoms with Crippen LogP contribution < -0.4 is 10.6 Å². The maximum absolute atomic E-state index is 12.8. The van der Waals surface area contributed by atoms with Crippen LogP contribution in [-0.2, 0) is 10.9 Å². The van der Waals surface area contributed by atoms with E-state index in [1.165, 1.54) is 18.6 Å². The summed E-state index contributed by atoms with van der Waals surface area (Å²) < 4.78 is 44.4. The molecule has 4 aliphatic rings. The molecule has 4 fully saturated rings. The Labute approximate surface area is 156 Å². The molecule has 0 radical (unpaired) electrons. The van der Waals surface area contributed by atoms with E-state index in [1.54, 1.807) is 7.11 Å². The largest absolute Gasteiger partial charge is 0.416 e. The Morgan fingerprint density at radius 3 is 2.33 bits per heavy atom. The van der Waals surface area contributed by atoms with Crippen LogP contribution >= 0.6 is 0 Å². The lowest BCUT2D eigenvalue weighted by Crippen LogP contribution is -2.63. The first-order valence-corrected chi connectivity index (χ1v) is 9.57. The molecule has 2 N–H and O–H groups in total. The first-order chi connectivity index (χ1) is 12.8. The molecule has 1 aromatic carbocycles. The average molecular weight is 382 g/mol. The number of anilines is 1. The molecule has 27 heavy (non-hydrogen) atoms. The van der Waals surface area contributed by atoms with Crippen molar-refractivity contribution in [1.82, 2.24) is 5.32 Å². The standard InChI is InChI=1S/C20H25F3N2O2/c1-27-19(15-6-12-5-13(8-15)9-16(19)7-12)11-24-18(26)25-17-4-2-3-14(10-17)20(21,22)23/h2-4,10,12-13,15-16H,5-9,11H2,1H3,(H2,24,25,26). The maximum atomic E-state index is 12.8. The van der Waals surface area contributed by atoms with Crippen LogP contribution in [0.4, 0.5) is 23.7 Å². The van der Waals surface area contributed by atoms with Crippen LogP contribution in [-0.4, -0.2) is 25.3 Å². The van der Waals surface area contributed by atoms with Crippen molar-refractivity contribution in [3.63, 3.8) is 0 Å². The fraction of sp³-hybridized carbons (Fsp3) is 0.650. The Balaban J connectivity index is 1.40. The number of benzene rings is 1. The summed E-state index contributed by atoms with van der Waals surface area (Å²) in [7, 11) is 1.72. The molecule has 0 heterocycles. The van der Waals surface area contributed by atoms with E-state index >= 15 is 0 Å². The molecule has 0 spiro atoms. The van der Waals surface area contributed by atoms with Gasteiger partial charge in [0.05, 0.1) is 11.2 Å². The van der Waals surface area contributed by atoms with Crippen molar-refractivity contribution in [3.05, 3.63) is 29.8 Å². The summed E-state index contributed by atoms with van der Waals surface area (Å²) in [5.41, 5.74) is -1.01. The number of methoxy groups -OCH3 is 1. The fourth-order valence-electron chi connectivity index (χ4n) is 5.84. The molecular weight excluding hydrogens is 357 g/mol. The normalized spacial score (nSPS) is 34.5. The van der Waals surface area contributed by atoms with E-state index in [0.29, 0.717) is 18.4 Å². The summed E-state index contributed by atoms with van der Waals surface area (Å²) in [6.45, 7) is 0.392. The van der Waals surface area contributed by atoms with Crippen molar-refractivity contribution in [2.75, 3.05) is 19.0 Å². The van der Waals surface area contributed by atoms with Crippen LogP contribution in [0, 0.1) is 23.7 Å². The van der Waals surface area contributed by atoms with Gasteiger partial charge in [-0.3, -0.25) is 0 Å². The van der Waals surface area contributed by atoms with Crippen molar-refractivity contribution in [3.8, 4) is 0 Å². The number of halogens is 3. The predicted octanol–water partition coefficient (Wildman–Crippen LogP) is 4.67. The third kappa shape index (κ3) is 3.42. The third-order valence-electron chi connectivity index (χ3n) is 6.87. The Bertz CT molecular complexity index is 691. The molecule has 0 unspecified atom stereocenters. The molecule has 5 rings (SSSR count). The molecule has 4 aliphatic carbocycles. The van der Waals surface area contributed by atoms with Gasteiger partial charge in [-0.05, 0) is 74.0 Å². The van der Waals surface area contributed by atoms with Crippen molar-refractivity contribution >= 4 is 11.7 Å². The second kappa shape index (κ2) is 6.69. The number of hydrogen-bond acceptors (Lipinski definition) is 2. The lowest BCUT2D eigenvalue weighted by molar-refractivity contribution is -0.186. The summed E-state index contributed by atoms with van der Waals surface area (Å²) in [6.07, 6.45) is 1.50. The van der Waals surface area contributed by atoms with Gasteiger partial charge in [-0.25, -0.2) is 4.79 Å². The molecular formula is C20H25F3N2O2. The number of nitrogens with one attached hydrogen (secondary N) is 2. The van der Waals surface area contributed by atoms with Crippen LogP contribution in [0.15, 0.2) is 24.3 Å². The van der Waals surface area contributed by atoms with Crippen LogP contribution in [0.1, 0.15) is 37.7 Å². The van der Waals surface area contributed by atoms with Gasteiger partial charge in [-0.2, -0.15) is 13.2 Å². The van der Waals surface area contributed by atoms with E-state index in [0.717, 1.165) is 49.7 Å². The highest BCUT2D eigenvalue weighted by molar-refractivity contribution is 5.89. The van der Waals surface area contributed by atoms with Crippen molar-refractivity contribution in [1.29, 1.82) is 0 Å². The number of ether oxygens (including phenoxy) is 1. The number of alkyl halides is 3. The summed E-state index contributed by atoms with van der Waals surface area (Å²) >= 11 is 0. The Kier molecular flexibility index (Phi) is 4.61. The molecule has 2 amide bonds. The fourth-order valence-corrected chi connectivity index (χ4v) is 5.84. The van der Waals surface area contributed by atoms with E-state index in [9.17, 15) is 18.0 Å². The second-order valence-electron chi connectivity index (χ2n) is 8.35. The molecule has 0 saturated heterocycles. The SMILES string of the molecule is COC1(CNC(=O)Nc2cccc(C(F)(F)F)c2)C2CC3CC(C2)CC1C3. The summed E-state index contributed by atoms with van der Waals surface area (Å²) in [5.74, 6) is 2.48. The van der Waals surface area contributed by atoms with Crippen molar-refractivity contribution in [2.24, 2.45) is 23.7 Å². The number of carbonyl (C=O) groups excluding carboxylic acids is 1. The van der Waals surface area contributed by atoms with Gasteiger partial charge in [0.15, 0.2) is 0 Å². The van der Waals surface area contributed by atoms with Gasteiger partial charge in [0.25, 0.3) is 0 Å². The highest BCUT2D eigenvalue weighted by Gasteiger charge is 2.57. The topological polar surface area (TPSA) is 50.4 Å².